The van der Waals surface area contributed by atoms with Gasteiger partial charge in [0, 0.05) is 26.2 Å². The van der Waals surface area contributed by atoms with E-state index >= 15 is 0 Å². The first-order valence-electron chi connectivity index (χ1n) is 7.44. The second kappa shape index (κ2) is 8.08. The van der Waals surface area contributed by atoms with Gasteiger partial charge in [-0.15, -0.1) is 10.2 Å². The minimum atomic E-state index is -3.65. The highest BCUT2D eigenvalue weighted by molar-refractivity contribution is 8.00. The maximum Gasteiger partial charge on any atom is 0.244 e. The zero-order valence-corrected chi connectivity index (χ0v) is 17.3. The van der Waals surface area contributed by atoms with Gasteiger partial charge in [-0.25, -0.2) is 8.42 Å². The molecule has 0 unspecified atom stereocenters. The van der Waals surface area contributed by atoms with Gasteiger partial charge in [0.2, 0.25) is 10.0 Å². The van der Waals surface area contributed by atoms with E-state index in [1.807, 2.05) is 6.26 Å². The molecule has 2 heterocycles. The fraction of sp³-hybridized carbons (Fsp3) is 0.429. The molecule has 6 nitrogen and oxygen atoms in total. The molecular formula is C14H16Cl2N4O2S3. The standard InChI is InChI=1S/C14H16Cl2N4O2S3/c1-23-14-18-17-12(24-14)9-19-5-7-20(8-6-19)25(21,22)11-4-2-3-10(15)13(11)16/h2-4H,5-9H2,1H3. The number of aromatic nitrogens is 2. The van der Waals surface area contributed by atoms with E-state index < -0.39 is 10.0 Å². The predicted molar refractivity (Wildman–Crippen MR) is 102 cm³/mol. The van der Waals surface area contributed by atoms with Gasteiger partial charge in [0.25, 0.3) is 0 Å². The summed E-state index contributed by atoms with van der Waals surface area (Å²) < 4.78 is 28.0. The second-order valence-electron chi connectivity index (χ2n) is 5.40. The highest BCUT2D eigenvalue weighted by Crippen LogP contribution is 2.31. The molecule has 11 heteroatoms. The highest BCUT2D eigenvalue weighted by atomic mass is 35.5. The van der Waals surface area contributed by atoms with Gasteiger partial charge in [0.15, 0.2) is 4.34 Å². The molecule has 0 spiro atoms. The SMILES string of the molecule is CSc1nnc(CN2CCN(S(=O)(=O)c3cccc(Cl)c3Cl)CC2)s1. The van der Waals surface area contributed by atoms with Crippen LogP contribution in [0.15, 0.2) is 27.4 Å². The Morgan fingerprint density at radius 3 is 2.56 bits per heavy atom. The van der Waals surface area contributed by atoms with Crippen LogP contribution >= 0.6 is 46.3 Å². The van der Waals surface area contributed by atoms with Crippen LogP contribution < -0.4 is 0 Å². The lowest BCUT2D eigenvalue weighted by molar-refractivity contribution is 0.181. The maximum atomic E-state index is 12.8. The number of benzene rings is 1. The van der Waals surface area contributed by atoms with Crippen molar-refractivity contribution >= 4 is 56.3 Å². The van der Waals surface area contributed by atoms with E-state index in [4.69, 9.17) is 23.2 Å². The Labute approximate surface area is 165 Å². The summed E-state index contributed by atoms with van der Waals surface area (Å²) in [5, 5.41) is 9.50. The van der Waals surface area contributed by atoms with Crippen LogP contribution in [0.25, 0.3) is 0 Å². The van der Waals surface area contributed by atoms with Crippen LogP contribution in [-0.4, -0.2) is 60.3 Å². The third-order valence-electron chi connectivity index (χ3n) is 3.85. The predicted octanol–water partition coefficient (Wildman–Crippen LogP) is 3.07. The Hall–Kier alpha value is -0.420. The van der Waals surface area contributed by atoms with Crippen LogP contribution in [0.1, 0.15) is 5.01 Å². The summed E-state index contributed by atoms with van der Waals surface area (Å²) >= 11 is 15.2. The largest absolute Gasteiger partial charge is 0.294 e. The van der Waals surface area contributed by atoms with Crippen molar-refractivity contribution < 1.29 is 8.42 Å². The summed E-state index contributed by atoms with van der Waals surface area (Å²) in [5.41, 5.74) is 0. The highest BCUT2D eigenvalue weighted by Gasteiger charge is 2.30. The van der Waals surface area contributed by atoms with E-state index in [-0.39, 0.29) is 14.9 Å². The first-order valence-corrected chi connectivity index (χ1v) is 11.7. The Morgan fingerprint density at radius 2 is 1.92 bits per heavy atom. The van der Waals surface area contributed by atoms with Gasteiger partial charge < -0.3 is 0 Å². The zero-order chi connectivity index (χ0) is 18.0. The van der Waals surface area contributed by atoms with Gasteiger partial charge in [-0.3, -0.25) is 4.90 Å². The van der Waals surface area contributed by atoms with E-state index in [9.17, 15) is 8.42 Å². The van der Waals surface area contributed by atoms with Gasteiger partial charge >= 0.3 is 0 Å². The average molecular weight is 439 g/mol. The van der Waals surface area contributed by atoms with Crippen molar-refractivity contribution in [2.75, 3.05) is 32.4 Å². The Morgan fingerprint density at radius 1 is 1.20 bits per heavy atom. The third-order valence-corrected chi connectivity index (χ3v) is 8.60. The smallest absolute Gasteiger partial charge is 0.244 e. The van der Waals surface area contributed by atoms with Crippen LogP contribution in [0.4, 0.5) is 0 Å². The molecule has 1 aromatic heterocycles. The number of sulfonamides is 1. The lowest BCUT2D eigenvalue weighted by Gasteiger charge is -2.33. The topological polar surface area (TPSA) is 66.4 Å². The van der Waals surface area contributed by atoms with Gasteiger partial charge in [-0.05, 0) is 18.4 Å². The van der Waals surface area contributed by atoms with Crippen LogP contribution in [0.5, 0.6) is 0 Å². The van der Waals surface area contributed by atoms with Crippen LogP contribution in [0.3, 0.4) is 0 Å². The van der Waals surface area contributed by atoms with Crippen molar-refractivity contribution in [3.63, 3.8) is 0 Å². The summed E-state index contributed by atoms with van der Waals surface area (Å²) in [4.78, 5) is 2.24. The fourth-order valence-corrected chi connectivity index (χ4v) is 6.04. The van der Waals surface area contributed by atoms with Crippen molar-refractivity contribution in [1.29, 1.82) is 0 Å². The molecule has 0 amide bonds. The minimum Gasteiger partial charge on any atom is -0.294 e. The molecule has 0 aliphatic carbocycles. The second-order valence-corrected chi connectivity index (χ2v) is 10.2. The maximum absolute atomic E-state index is 12.8. The Balaban J connectivity index is 1.66. The number of piperazine rings is 1. The van der Waals surface area contributed by atoms with E-state index in [1.54, 1.807) is 35.2 Å². The summed E-state index contributed by atoms with van der Waals surface area (Å²) in [5.74, 6) is 0. The molecule has 0 N–H and O–H groups in total. The number of nitrogens with zero attached hydrogens (tertiary/aromatic N) is 4. The summed E-state index contributed by atoms with van der Waals surface area (Å²) in [6.07, 6.45) is 1.97. The molecule has 1 aromatic carbocycles. The van der Waals surface area contributed by atoms with Crippen molar-refractivity contribution in [3.8, 4) is 0 Å². The molecule has 1 fully saturated rings. The van der Waals surface area contributed by atoms with Crippen molar-refractivity contribution in [2.24, 2.45) is 0 Å². The number of thioether (sulfide) groups is 1. The molecule has 1 saturated heterocycles. The zero-order valence-electron chi connectivity index (χ0n) is 13.4. The first-order chi connectivity index (χ1) is 11.9. The van der Waals surface area contributed by atoms with Crippen LogP contribution in [-0.2, 0) is 16.6 Å². The van der Waals surface area contributed by atoms with Crippen molar-refractivity contribution in [3.05, 3.63) is 33.3 Å². The molecule has 0 saturated carbocycles. The molecule has 0 atom stereocenters. The van der Waals surface area contributed by atoms with Crippen molar-refractivity contribution in [1.82, 2.24) is 19.4 Å². The molecule has 2 aromatic rings. The van der Waals surface area contributed by atoms with Gasteiger partial charge in [0.1, 0.15) is 9.90 Å². The van der Waals surface area contributed by atoms with Gasteiger partial charge in [-0.2, -0.15) is 4.31 Å². The molecule has 1 aliphatic rings. The van der Waals surface area contributed by atoms with Gasteiger partial charge in [-0.1, -0.05) is 52.4 Å². The molecule has 0 radical (unpaired) electrons. The molecule has 25 heavy (non-hydrogen) atoms. The number of hydrogen-bond acceptors (Lipinski definition) is 7. The number of halogens is 2. The molecule has 1 aliphatic heterocycles. The monoisotopic (exact) mass is 438 g/mol. The Bertz CT molecular complexity index is 852. The number of rotatable bonds is 5. The van der Waals surface area contributed by atoms with E-state index in [0.717, 1.165) is 9.35 Å². The number of hydrogen-bond donors (Lipinski definition) is 0. The van der Waals surface area contributed by atoms with Crippen molar-refractivity contribution in [2.45, 2.75) is 15.8 Å². The average Bonchev–Trinajstić information content (AvgIpc) is 3.05. The van der Waals surface area contributed by atoms with Crippen LogP contribution in [0.2, 0.25) is 10.0 Å². The molecule has 3 rings (SSSR count). The Kier molecular flexibility index (Phi) is 6.25. The normalized spacial score (nSPS) is 17.1. The fourth-order valence-electron chi connectivity index (χ4n) is 2.53. The van der Waals surface area contributed by atoms with E-state index in [1.165, 1.54) is 10.4 Å². The first kappa shape index (κ1) is 19.3. The molecule has 136 valence electrons. The summed E-state index contributed by atoms with van der Waals surface area (Å²) in [6.45, 7) is 2.75. The molecule has 0 bridgehead atoms. The van der Waals surface area contributed by atoms with Gasteiger partial charge in [0.05, 0.1) is 16.6 Å². The van der Waals surface area contributed by atoms with E-state index in [0.29, 0.717) is 32.7 Å². The minimum absolute atomic E-state index is 0.0591. The summed E-state index contributed by atoms with van der Waals surface area (Å²) in [6, 6.07) is 4.66. The molecular weight excluding hydrogens is 423 g/mol. The third kappa shape index (κ3) is 4.29. The lowest BCUT2D eigenvalue weighted by atomic mass is 10.3. The summed E-state index contributed by atoms with van der Waals surface area (Å²) in [7, 11) is -3.65. The lowest BCUT2D eigenvalue weighted by Crippen LogP contribution is -2.48. The van der Waals surface area contributed by atoms with E-state index in [2.05, 4.69) is 15.1 Å². The van der Waals surface area contributed by atoms with Crippen LogP contribution in [0, 0.1) is 0 Å². The quantitative estimate of drug-likeness (QED) is 0.668.